The lowest BCUT2D eigenvalue weighted by Crippen LogP contribution is -2.43. The molecule has 0 aliphatic carbocycles. The number of halogens is 2. The first-order valence-electron chi connectivity index (χ1n) is 9.15. The van der Waals surface area contributed by atoms with E-state index in [4.69, 9.17) is 28.2 Å². The van der Waals surface area contributed by atoms with Crippen molar-refractivity contribution in [3.8, 4) is 0 Å². The van der Waals surface area contributed by atoms with E-state index in [-0.39, 0.29) is 0 Å². The fraction of sp³-hybridized carbons (Fsp3) is 0.286. The molecule has 0 unspecified atom stereocenters. The van der Waals surface area contributed by atoms with Crippen LogP contribution in [0.2, 0.25) is 10.0 Å². The minimum absolute atomic E-state index is 0.575. The molecule has 1 saturated heterocycles. The number of benzene rings is 2. The summed E-state index contributed by atoms with van der Waals surface area (Å²) >= 11 is 12.2. The Balaban J connectivity index is 1.67. The third-order valence-electron chi connectivity index (χ3n) is 4.87. The maximum absolute atomic E-state index is 6.14. The second-order valence-electron chi connectivity index (χ2n) is 6.82. The Morgan fingerprint density at radius 2 is 1.89 bits per heavy atom. The van der Waals surface area contributed by atoms with Gasteiger partial charge in [-0.25, -0.2) is 0 Å². The third kappa shape index (κ3) is 3.98. The summed E-state index contributed by atoms with van der Waals surface area (Å²) in [5.41, 5.74) is 5.43. The molecule has 3 aromatic rings. The lowest BCUT2D eigenvalue weighted by molar-refractivity contribution is 0.590. The van der Waals surface area contributed by atoms with Crippen molar-refractivity contribution in [3.05, 3.63) is 63.8 Å². The number of hydrogen-bond acceptors (Lipinski definition) is 4. The highest BCUT2D eigenvalue weighted by atomic mass is 35.5. The van der Waals surface area contributed by atoms with Crippen LogP contribution in [0.4, 0.5) is 11.4 Å². The van der Waals surface area contributed by atoms with E-state index in [1.807, 2.05) is 25.1 Å². The maximum atomic E-state index is 6.14. The summed E-state index contributed by atoms with van der Waals surface area (Å²) in [6.45, 7) is 6.72. The van der Waals surface area contributed by atoms with Gasteiger partial charge in [0.2, 0.25) is 0 Å². The average molecular weight is 401 g/mol. The number of nitrogens with one attached hydrogen (secondary N) is 2. The molecule has 1 fully saturated rings. The lowest BCUT2D eigenvalue weighted by Gasteiger charge is -2.30. The number of nitrogens with zero attached hydrogens (tertiary/aromatic N) is 2. The van der Waals surface area contributed by atoms with E-state index in [0.29, 0.717) is 16.6 Å². The zero-order valence-corrected chi connectivity index (χ0v) is 16.7. The van der Waals surface area contributed by atoms with Gasteiger partial charge in [0.25, 0.3) is 0 Å². The van der Waals surface area contributed by atoms with Crippen molar-refractivity contribution in [2.75, 3.05) is 36.4 Å². The Morgan fingerprint density at radius 3 is 2.67 bits per heavy atom. The van der Waals surface area contributed by atoms with E-state index in [1.165, 1.54) is 5.69 Å². The van der Waals surface area contributed by atoms with Crippen LogP contribution in [-0.4, -0.2) is 31.2 Å². The van der Waals surface area contributed by atoms with Crippen molar-refractivity contribution in [1.82, 2.24) is 10.3 Å². The van der Waals surface area contributed by atoms with Crippen molar-refractivity contribution >= 4 is 45.5 Å². The number of rotatable bonds is 4. The van der Waals surface area contributed by atoms with Gasteiger partial charge in [0.15, 0.2) is 0 Å². The van der Waals surface area contributed by atoms with Gasteiger partial charge in [0, 0.05) is 49.5 Å². The van der Waals surface area contributed by atoms with Gasteiger partial charge in [-0.05, 0) is 36.8 Å². The predicted molar refractivity (Wildman–Crippen MR) is 115 cm³/mol. The highest BCUT2D eigenvalue weighted by molar-refractivity contribution is 6.42. The summed E-state index contributed by atoms with van der Waals surface area (Å²) in [4.78, 5) is 7.26. The standard InChI is InChI=1S/C21H22Cl2N4/c1-14-11-19(25-13-15-5-6-17(22)18(23)12-15)16-3-2-4-20(21(16)26-14)27-9-7-24-8-10-27/h2-6,11-12,24H,7-10,13H2,1H3,(H,25,26). The van der Waals surface area contributed by atoms with Crippen LogP contribution >= 0.6 is 23.2 Å². The fourth-order valence-corrected chi connectivity index (χ4v) is 3.84. The summed E-state index contributed by atoms with van der Waals surface area (Å²) in [6.07, 6.45) is 0. The number of pyridine rings is 1. The first-order valence-corrected chi connectivity index (χ1v) is 9.91. The molecule has 140 valence electrons. The lowest BCUT2D eigenvalue weighted by atomic mass is 10.1. The van der Waals surface area contributed by atoms with Gasteiger partial charge in [-0.3, -0.25) is 4.98 Å². The van der Waals surface area contributed by atoms with Gasteiger partial charge in [-0.1, -0.05) is 41.4 Å². The Morgan fingerprint density at radius 1 is 1.07 bits per heavy atom. The molecule has 2 heterocycles. The molecule has 0 radical (unpaired) electrons. The zero-order valence-electron chi connectivity index (χ0n) is 15.2. The number of para-hydroxylation sites is 1. The zero-order chi connectivity index (χ0) is 18.8. The number of aryl methyl sites for hydroxylation is 1. The van der Waals surface area contributed by atoms with Crippen LogP contribution in [0, 0.1) is 6.92 Å². The Bertz CT molecular complexity index is 968. The van der Waals surface area contributed by atoms with Crippen LogP contribution in [0.25, 0.3) is 10.9 Å². The fourth-order valence-electron chi connectivity index (χ4n) is 3.52. The minimum Gasteiger partial charge on any atom is -0.380 e. The molecule has 1 aliphatic rings. The number of fused-ring (bicyclic) bond motifs is 1. The van der Waals surface area contributed by atoms with Gasteiger partial charge in [-0.15, -0.1) is 0 Å². The Kier molecular flexibility index (Phi) is 5.39. The van der Waals surface area contributed by atoms with Crippen molar-refractivity contribution in [2.24, 2.45) is 0 Å². The molecule has 2 N–H and O–H groups in total. The molecule has 0 amide bonds. The highest BCUT2D eigenvalue weighted by Gasteiger charge is 2.15. The maximum Gasteiger partial charge on any atom is 0.0959 e. The average Bonchev–Trinajstić information content (AvgIpc) is 2.69. The molecule has 0 atom stereocenters. The topological polar surface area (TPSA) is 40.2 Å². The van der Waals surface area contributed by atoms with Gasteiger partial charge in [0.05, 0.1) is 21.2 Å². The smallest absolute Gasteiger partial charge is 0.0959 e. The molecule has 4 rings (SSSR count). The monoisotopic (exact) mass is 400 g/mol. The first-order chi connectivity index (χ1) is 13.1. The third-order valence-corrected chi connectivity index (χ3v) is 5.61. The van der Waals surface area contributed by atoms with Crippen molar-refractivity contribution < 1.29 is 0 Å². The van der Waals surface area contributed by atoms with Gasteiger partial charge in [-0.2, -0.15) is 0 Å². The molecule has 1 aromatic heterocycles. The normalized spacial score (nSPS) is 14.6. The molecule has 27 heavy (non-hydrogen) atoms. The van der Waals surface area contributed by atoms with Crippen molar-refractivity contribution in [2.45, 2.75) is 13.5 Å². The van der Waals surface area contributed by atoms with Gasteiger partial charge in [0.1, 0.15) is 0 Å². The van der Waals surface area contributed by atoms with E-state index in [1.54, 1.807) is 0 Å². The van der Waals surface area contributed by atoms with Crippen molar-refractivity contribution in [1.29, 1.82) is 0 Å². The van der Waals surface area contributed by atoms with E-state index in [9.17, 15) is 0 Å². The summed E-state index contributed by atoms with van der Waals surface area (Å²) in [5.74, 6) is 0. The largest absolute Gasteiger partial charge is 0.380 e. The summed E-state index contributed by atoms with van der Waals surface area (Å²) < 4.78 is 0. The van der Waals surface area contributed by atoms with E-state index in [0.717, 1.165) is 54.0 Å². The van der Waals surface area contributed by atoms with Crippen LogP contribution in [0.5, 0.6) is 0 Å². The van der Waals surface area contributed by atoms with Crippen molar-refractivity contribution in [3.63, 3.8) is 0 Å². The molecular formula is C21H22Cl2N4. The number of aromatic nitrogens is 1. The molecule has 6 heteroatoms. The molecule has 0 bridgehead atoms. The Hall–Kier alpha value is -2.01. The summed E-state index contributed by atoms with van der Waals surface area (Å²) in [5, 5.41) is 9.24. The van der Waals surface area contributed by atoms with E-state index >= 15 is 0 Å². The van der Waals surface area contributed by atoms with E-state index < -0.39 is 0 Å². The Labute approximate surface area is 169 Å². The SMILES string of the molecule is Cc1cc(NCc2ccc(Cl)c(Cl)c2)c2cccc(N3CCNCC3)c2n1. The molecular weight excluding hydrogens is 379 g/mol. The van der Waals surface area contributed by atoms with Gasteiger partial charge >= 0.3 is 0 Å². The quantitative estimate of drug-likeness (QED) is 0.654. The molecule has 0 spiro atoms. The molecule has 1 aliphatic heterocycles. The molecule has 4 nitrogen and oxygen atoms in total. The number of anilines is 2. The number of piperazine rings is 1. The second kappa shape index (κ2) is 7.93. The second-order valence-corrected chi connectivity index (χ2v) is 7.64. The summed E-state index contributed by atoms with van der Waals surface area (Å²) in [7, 11) is 0. The predicted octanol–water partition coefficient (Wildman–Crippen LogP) is 4.87. The minimum atomic E-state index is 0.575. The van der Waals surface area contributed by atoms with Crippen LogP contribution in [0.3, 0.4) is 0 Å². The van der Waals surface area contributed by atoms with Gasteiger partial charge < -0.3 is 15.5 Å². The summed E-state index contributed by atoms with van der Waals surface area (Å²) in [6, 6.07) is 14.2. The molecule has 0 saturated carbocycles. The first kappa shape index (κ1) is 18.4. The van der Waals surface area contributed by atoms with Crippen LogP contribution < -0.4 is 15.5 Å². The number of hydrogen-bond donors (Lipinski definition) is 2. The molecule has 2 aromatic carbocycles. The highest BCUT2D eigenvalue weighted by Crippen LogP contribution is 2.31. The van der Waals surface area contributed by atoms with Crippen LogP contribution in [0.15, 0.2) is 42.5 Å². The van der Waals surface area contributed by atoms with E-state index in [2.05, 4.69) is 39.8 Å². The van der Waals surface area contributed by atoms with Crippen LogP contribution in [0.1, 0.15) is 11.3 Å². The van der Waals surface area contributed by atoms with Crippen LogP contribution in [-0.2, 0) is 6.54 Å².